The van der Waals surface area contributed by atoms with Gasteiger partial charge in [-0.05, 0) is 38.3 Å². The van der Waals surface area contributed by atoms with Crippen LogP contribution >= 0.6 is 0 Å². The van der Waals surface area contributed by atoms with Crippen LogP contribution in [0.2, 0.25) is 0 Å². The zero-order valence-electron chi connectivity index (χ0n) is 10.5. The Labute approximate surface area is 102 Å². The minimum Gasteiger partial charge on any atom is -0.371 e. The number of aryl methyl sites for hydroxylation is 1. The average molecular weight is 226 g/mol. The molecule has 0 N–H and O–H groups in total. The van der Waals surface area contributed by atoms with Gasteiger partial charge in [0.2, 0.25) is 0 Å². The van der Waals surface area contributed by atoms with Gasteiger partial charge in [0, 0.05) is 24.2 Å². The van der Waals surface area contributed by atoms with Crippen LogP contribution in [0.5, 0.6) is 0 Å². The van der Waals surface area contributed by atoms with Gasteiger partial charge in [-0.15, -0.1) is 0 Å². The molecule has 17 heavy (non-hydrogen) atoms. The summed E-state index contributed by atoms with van der Waals surface area (Å²) < 4.78 is 0. The molecule has 0 bridgehead atoms. The van der Waals surface area contributed by atoms with E-state index in [0.717, 1.165) is 11.2 Å². The molecule has 2 heterocycles. The van der Waals surface area contributed by atoms with Gasteiger partial charge in [0.15, 0.2) is 0 Å². The van der Waals surface area contributed by atoms with Gasteiger partial charge in [-0.2, -0.15) is 0 Å². The molecule has 0 unspecified atom stereocenters. The van der Waals surface area contributed by atoms with Crippen molar-refractivity contribution < 1.29 is 0 Å². The highest BCUT2D eigenvalue weighted by Crippen LogP contribution is 2.33. The van der Waals surface area contributed by atoms with E-state index in [9.17, 15) is 0 Å². The van der Waals surface area contributed by atoms with Crippen LogP contribution < -0.4 is 4.90 Å². The molecular weight excluding hydrogens is 208 g/mol. The van der Waals surface area contributed by atoms with Gasteiger partial charge in [0.25, 0.3) is 0 Å². The summed E-state index contributed by atoms with van der Waals surface area (Å²) in [5.74, 6) is 0. The zero-order chi connectivity index (χ0) is 11.8. The van der Waals surface area contributed by atoms with Crippen molar-refractivity contribution in [1.29, 1.82) is 0 Å². The van der Waals surface area contributed by atoms with Crippen LogP contribution in [0, 0.1) is 13.8 Å². The highest BCUT2D eigenvalue weighted by molar-refractivity contribution is 5.93. The third-order valence-electron chi connectivity index (χ3n) is 3.77. The summed E-state index contributed by atoms with van der Waals surface area (Å²) in [5, 5.41) is 1.30. The maximum atomic E-state index is 4.68. The largest absolute Gasteiger partial charge is 0.371 e. The normalized spacial score (nSPS) is 15.8. The van der Waals surface area contributed by atoms with Crippen molar-refractivity contribution in [1.82, 2.24) is 4.98 Å². The van der Waals surface area contributed by atoms with E-state index in [2.05, 4.69) is 48.0 Å². The van der Waals surface area contributed by atoms with E-state index in [0.29, 0.717) is 0 Å². The van der Waals surface area contributed by atoms with E-state index >= 15 is 0 Å². The molecular formula is C15H18N2. The Morgan fingerprint density at radius 1 is 1.06 bits per heavy atom. The molecule has 0 amide bonds. The molecule has 2 heteroatoms. The van der Waals surface area contributed by atoms with Gasteiger partial charge < -0.3 is 4.90 Å². The SMILES string of the molecule is Cc1nc2ccccc2c(N2CCCC2)c1C. The van der Waals surface area contributed by atoms with E-state index in [1.54, 1.807) is 0 Å². The number of pyridine rings is 1. The Hall–Kier alpha value is -1.57. The third-order valence-corrected chi connectivity index (χ3v) is 3.77. The highest BCUT2D eigenvalue weighted by Gasteiger charge is 2.18. The average Bonchev–Trinajstić information content (AvgIpc) is 2.84. The number of hydrogen-bond donors (Lipinski definition) is 0. The van der Waals surface area contributed by atoms with Crippen molar-refractivity contribution >= 4 is 16.6 Å². The van der Waals surface area contributed by atoms with E-state index in [1.165, 1.54) is 42.6 Å². The molecule has 0 atom stereocenters. The first kappa shape index (κ1) is 10.6. The maximum Gasteiger partial charge on any atom is 0.0726 e. The van der Waals surface area contributed by atoms with Crippen LogP contribution in [0.1, 0.15) is 24.1 Å². The second-order valence-electron chi connectivity index (χ2n) is 4.88. The van der Waals surface area contributed by atoms with Crippen molar-refractivity contribution in [3.8, 4) is 0 Å². The molecule has 1 fully saturated rings. The van der Waals surface area contributed by atoms with Gasteiger partial charge in [0.05, 0.1) is 11.2 Å². The van der Waals surface area contributed by atoms with E-state index in [-0.39, 0.29) is 0 Å². The minimum atomic E-state index is 1.12. The lowest BCUT2D eigenvalue weighted by atomic mass is 10.1. The fraction of sp³-hybridized carbons (Fsp3) is 0.400. The second kappa shape index (κ2) is 4.02. The number of fused-ring (bicyclic) bond motifs is 1. The third kappa shape index (κ3) is 1.68. The number of aromatic nitrogens is 1. The van der Waals surface area contributed by atoms with Gasteiger partial charge in [-0.1, -0.05) is 18.2 Å². The first-order valence-corrected chi connectivity index (χ1v) is 6.38. The van der Waals surface area contributed by atoms with Crippen molar-refractivity contribution in [2.24, 2.45) is 0 Å². The van der Waals surface area contributed by atoms with Crippen LogP contribution in [0.15, 0.2) is 24.3 Å². The molecule has 3 rings (SSSR count). The second-order valence-corrected chi connectivity index (χ2v) is 4.88. The maximum absolute atomic E-state index is 4.68. The monoisotopic (exact) mass is 226 g/mol. The Morgan fingerprint density at radius 2 is 1.76 bits per heavy atom. The molecule has 1 aliphatic rings. The number of benzene rings is 1. The van der Waals surface area contributed by atoms with Crippen molar-refractivity contribution in [2.45, 2.75) is 26.7 Å². The summed E-state index contributed by atoms with van der Waals surface area (Å²) in [5.41, 5.74) is 5.03. The molecule has 0 radical (unpaired) electrons. The highest BCUT2D eigenvalue weighted by atomic mass is 15.1. The Bertz CT molecular complexity index is 554. The van der Waals surface area contributed by atoms with E-state index in [4.69, 9.17) is 0 Å². The van der Waals surface area contributed by atoms with E-state index < -0.39 is 0 Å². The summed E-state index contributed by atoms with van der Waals surface area (Å²) in [6.45, 7) is 6.69. The number of hydrogen-bond acceptors (Lipinski definition) is 2. The lowest BCUT2D eigenvalue weighted by Gasteiger charge is -2.23. The van der Waals surface area contributed by atoms with Crippen molar-refractivity contribution in [2.75, 3.05) is 18.0 Å². The first-order valence-electron chi connectivity index (χ1n) is 6.38. The van der Waals surface area contributed by atoms with Crippen molar-refractivity contribution in [3.63, 3.8) is 0 Å². The minimum absolute atomic E-state index is 1.12. The van der Waals surface area contributed by atoms with Gasteiger partial charge in [-0.3, -0.25) is 4.98 Å². The van der Waals surface area contributed by atoms with Gasteiger partial charge in [0.1, 0.15) is 0 Å². The van der Waals surface area contributed by atoms with Crippen LogP contribution in [0.25, 0.3) is 10.9 Å². The quantitative estimate of drug-likeness (QED) is 0.740. The van der Waals surface area contributed by atoms with Crippen molar-refractivity contribution in [3.05, 3.63) is 35.5 Å². The molecule has 1 aromatic heterocycles. The molecule has 1 aliphatic heterocycles. The number of para-hydroxylation sites is 1. The molecule has 2 aromatic rings. The fourth-order valence-corrected chi connectivity index (χ4v) is 2.76. The lowest BCUT2D eigenvalue weighted by molar-refractivity contribution is 0.949. The standard InChI is InChI=1S/C15H18N2/c1-11-12(2)16-14-8-4-3-7-13(14)15(11)17-9-5-6-10-17/h3-4,7-8H,5-6,9-10H2,1-2H3. The zero-order valence-corrected chi connectivity index (χ0v) is 10.5. The summed E-state index contributed by atoms with van der Waals surface area (Å²) in [6, 6.07) is 8.49. The van der Waals surface area contributed by atoms with Crippen LogP contribution in [0.4, 0.5) is 5.69 Å². The van der Waals surface area contributed by atoms with Crippen LogP contribution in [-0.2, 0) is 0 Å². The van der Waals surface area contributed by atoms with Crippen LogP contribution in [-0.4, -0.2) is 18.1 Å². The molecule has 1 saturated heterocycles. The number of rotatable bonds is 1. The smallest absolute Gasteiger partial charge is 0.0726 e. The molecule has 88 valence electrons. The first-order chi connectivity index (χ1) is 8.27. The molecule has 2 nitrogen and oxygen atoms in total. The number of anilines is 1. The number of nitrogens with zero attached hydrogens (tertiary/aromatic N) is 2. The topological polar surface area (TPSA) is 16.1 Å². The fourth-order valence-electron chi connectivity index (χ4n) is 2.76. The Balaban J connectivity index is 2.29. The summed E-state index contributed by atoms with van der Waals surface area (Å²) >= 11 is 0. The lowest BCUT2D eigenvalue weighted by Crippen LogP contribution is -2.19. The van der Waals surface area contributed by atoms with Gasteiger partial charge in [-0.25, -0.2) is 0 Å². The summed E-state index contributed by atoms with van der Waals surface area (Å²) in [7, 11) is 0. The summed E-state index contributed by atoms with van der Waals surface area (Å²) in [6.07, 6.45) is 2.63. The molecule has 1 aromatic carbocycles. The van der Waals surface area contributed by atoms with Crippen LogP contribution in [0.3, 0.4) is 0 Å². The molecule has 0 saturated carbocycles. The predicted octanol–water partition coefficient (Wildman–Crippen LogP) is 3.45. The van der Waals surface area contributed by atoms with Gasteiger partial charge >= 0.3 is 0 Å². The summed E-state index contributed by atoms with van der Waals surface area (Å²) in [4.78, 5) is 7.20. The molecule has 0 aliphatic carbocycles. The Kier molecular flexibility index (Phi) is 2.50. The Morgan fingerprint density at radius 3 is 2.53 bits per heavy atom. The molecule has 0 spiro atoms. The van der Waals surface area contributed by atoms with E-state index in [1.807, 2.05) is 0 Å². The predicted molar refractivity (Wildman–Crippen MR) is 72.7 cm³/mol.